The molecule has 1 aromatic carbocycles. The molecule has 0 spiro atoms. The van der Waals surface area contributed by atoms with Crippen LogP contribution in [0.25, 0.3) is 0 Å². The first-order valence-corrected chi connectivity index (χ1v) is 5.75. The molecule has 0 saturated heterocycles. The van der Waals surface area contributed by atoms with Gasteiger partial charge in [-0.15, -0.1) is 0 Å². The number of hydrogen-bond donors (Lipinski definition) is 2. The number of ether oxygens (including phenoxy) is 1. The molecule has 0 heterocycles. The Morgan fingerprint density at radius 2 is 2.31 bits per heavy atom. The Hall–Kier alpha value is -0.910. The van der Waals surface area contributed by atoms with Crippen LogP contribution in [0.5, 0.6) is 0 Å². The molecule has 0 bridgehead atoms. The highest BCUT2D eigenvalue weighted by atomic mass is 79.9. The molecule has 0 aliphatic carbocycles. The summed E-state index contributed by atoms with van der Waals surface area (Å²) in [6.45, 7) is 3.19. The molecule has 1 rings (SSSR count). The fraction of sp³-hybridized carbons (Fsp3) is 0.364. The van der Waals surface area contributed by atoms with Crippen molar-refractivity contribution in [2.45, 2.75) is 6.92 Å². The van der Waals surface area contributed by atoms with Crippen LogP contribution in [0, 0.1) is 6.92 Å². The minimum Gasteiger partial charge on any atom is -0.383 e. The molecule has 16 heavy (non-hydrogen) atoms. The second-order valence-electron chi connectivity index (χ2n) is 3.35. The number of halogens is 1. The summed E-state index contributed by atoms with van der Waals surface area (Å²) in [6.07, 6.45) is 0. The van der Waals surface area contributed by atoms with E-state index in [0.717, 1.165) is 10.0 Å². The third kappa shape index (κ3) is 3.59. The van der Waals surface area contributed by atoms with Crippen molar-refractivity contribution >= 4 is 21.8 Å². The van der Waals surface area contributed by atoms with Gasteiger partial charge in [0.05, 0.1) is 13.2 Å². The molecule has 0 saturated carbocycles. The van der Waals surface area contributed by atoms with Crippen molar-refractivity contribution in [2.24, 2.45) is 10.8 Å². The summed E-state index contributed by atoms with van der Waals surface area (Å²) in [6, 6.07) is 6.02. The van der Waals surface area contributed by atoms with Gasteiger partial charge in [-0.2, -0.15) is 0 Å². The number of methoxy groups -OCH3 is 1. The monoisotopic (exact) mass is 285 g/mol. The summed E-state index contributed by atoms with van der Waals surface area (Å²) in [5.41, 5.74) is 4.73. The third-order valence-corrected chi connectivity index (χ3v) is 2.74. The minimum absolute atomic E-state index is 0.578. The van der Waals surface area contributed by atoms with Gasteiger partial charge in [0, 0.05) is 17.1 Å². The van der Waals surface area contributed by atoms with E-state index < -0.39 is 0 Å². The molecular formula is C11H16BrN3O. The van der Waals surface area contributed by atoms with Crippen LogP contribution in [-0.4, -0.2) is 26.1 Å². The summed E-state index contributed by atoms with van der Waals surface area (Å²) < 4.78 is 5.91. The molecule has 5 heteroatoms. The van der Waals surface area contributed by atoms with E-state index in [1.54, 1.807) is 7.11 Å². The number of nitrogens with one attached hydrogen (secondary N) is 1. The highest BCUT2D eigenvalue weighted by Gasteiger charge is 2.06. The lowest BCUT2D eigenvalue weighted by Crippen LogP contribution is -2.31. The summed E-state index contributed by atoms with van der Waals surface area (Å²) >= 11 is 3.49. The topological polar surface area (TPSA) is 59.6 Å². The smallest absolute Gasteiger partial charge is 0.143 e. The first-order chi connectivity index (χ1) is 7.69. The van der Waals surface area contributed by atoms with Crippen LogP contribution in [0.15, 0.2) is 27.7 Å². The van der Waals surface area contributed by atoms with E-state index in [0.29, 0.717) is 19.0 Å². The van der Waals surface area contributed by atoms with Gasteiger partial charge in [0.15, 0.2) is 0 Å². The molecule has 0 aliphatic heterocycles. The first kappa shape index (κ1) is 13.2. The molecule has 0 aliphatic rings. The number of nitrogens with zero attached hydrogens (tertiary/aromatic N) is 1. The SMILES string of the molecule is COCCN=C(NN)c1ccc(C)cc1Br. The Bertz CT molecular complexity index is 379. The largest absolute Gasteiger partial charge is 0.383 e. The molecule has 0 atom stereocenters. The van der Waals surface area contributed by atoms with Gasteiger partial charge in [0.25, 0.3) is 0 Å². The standard InChI is InChI=1S/C11H16BrN3O/c1-8-3-4-9(10(12)7-8)11(15-13)14-5-6-16-2/h3-4,7H,5-6,13H2,1-2H3,(H,14,15). The molecule has 88 valence electrons. The number of hydrazine groups is 1. The Kier molecular flexibility index (Phi) is 5.45. The van der Waals surface area contributed by atoms with Gasteiger partial charge in [-0.1, -0.05) is 22.0 Å². The summed E-state index contributed by atoms with van der Waals surface area (Å²) in [4.78, 5) is 4.32. The molecule has 0 unspecified atom stereocenters. The quantitative estimate of drug-likeness (QED) is 0.291. The summed E-state index contributed by atoms with van der Waals surface area (Å²) in [7, 11) is 1.65. The molecule has 0 fully saturated rings. The van der Waals surface area contributed by atoms with Gasteiger partial charge in [-0.25, -0.2) is 5.84 Å². The maximum absolute atomic E-state index is 5.45. The number of nitrogens with two attached hydrogens (primary N) is 1. The van der Waals surface area contributed by atoms with Crippen molar-refractivity contribution in [2.75, 3.05) is 20.3 Å². The molecule has 4 nitrogen and oxygen atoms in total. The average molecular weight is 286 g/mol. The van der Waals surface area contributed by atoms with Crippen molar-refractivity contribution in [3.8, 4) is 0 Å². The van der Waals surface area contributed by atoms with Gasteiger partial charge < -0.3 is 10.2 Å². The molecular weight excluding hydrogens is 270 g/mol. The van der Waals surface area contributed by atoms with E-state index in [9.17, 15) is 0 Å². The number of aliphatic imine (C=N–C) groups is 1. The van der Waals surface area contributed by atoms with Crippen molar-refractivity contribution in [1.29, 1.82) is 0 Å². The van der Waals surface area contributed by atoms with Crippen LogP contribution < -0.4 is 11.3 Å². The zero-order valence-corrected chi connectivity index (χ0v) is 11.0. The third-order valence-electron chi connectivity index (χ3n) is 2.08. The van der Waals surface area contributed by atoms with Crippen LogP contribution in [0.4, 0.5) is 0 Å². The van der Waals surface area contributed by atoms with Gasteiger partial charge >= 0.3 is 0 Å². The van der Waals surface area contributed by atoms with Crippen LogP contribution in [0.3, 0.4) is 0 Å². The van der Waals surface area contributed by atoms with Gasteiger partial charge in [0.1, 0.15) is 5.84 Å². The lowest BCUT2D eigenvalue weighted by Gasteiger charge is -2.08. The Morgan fingerprint density at radius 1 is 1.56 bits per heavy atom. The predicted octanol–water partition coefficient (Wildman–Crippen LogP) is 1.61. The van der Waals surface area contributed by atoms with Crippen molar-refractivity contribution in [3.05, 3.63) is 33.8 Å². The van der Waals surface area contributed by atoms with Gasteiger partial charge in [-0.05, 0) is 24.6 Å². The van der Waals surface area contributed by atoms with Gasteiger partial charge in [0.2, 0.25) is 0 Å². The van der Waals surface area contributed by atoms with E-state index in [1.807, 2.05) is 25.1 Å². The Balaban J connectivity index is 2.90. The van der Waals surface area contributed by atoms with Crippen LogP contribution in [0.1, 0.15) is 11.1 Å². The zero-order chi connectivity index (χ0) is 12.0. The van der Waals surface area contributed by atoms with Crippen LogP contribution in [-0.2, 0) is 4.74 Å². The van der Waals surface area contributed by atoms with Gasteiger partial charge in [-0.3, -0.25) is 4.99 Å². The Labute approximate surface area is 104 Å². The number of benzene rings is 1. The maximum atomic E-state index is 5.45. The summed E-state index contributed by atoms with van der Waals surface area (Å²) in [5.74, 6) is 6.11. The molecule has 0 radical (unpaired) electrons. The fourth-order valence-electron chi connectivity index (χ4n) is 1.27. The first-order valence-electron chi connectivity index (χ1n) is 4.95. The van der Waals surface area contributed by atoms with Crippen LogP contribution in [0.2, 0.25) is 0 Å². The van der Waals surface area contributed by atoms with E-state index in [2.05, 4.69) is 26.3 Å². The Morgan fingerprint density at radius 3 is 2.88 bits per heavy atom. The second-order valence-corrected chi connectivity index (χ2v) is 4.21. The fourth-order valence-corrected chi connectivity index (χ4v) is 1.95. The maximum Gasteiger partial charge on any atom is 0.143 e. The van der Waals surface area contributed by atoms with Crippen molar-refractivity contribution in [1.82, 2.24) is 5.43 Å². The zero-order valence-electron chi connectivity index (χ0n) is 9.46. The number of rotatable bonds is 4. The average Bonchev–Trinajstić information content (AvgIpc) is 2.26. The van der Waals surface area contributed by atoms with E-state index in [-0.39, 0.29) is 0 Å². The van der Waals surface area contributed by atoms with Crippen LogP contribution >= 0.6 is 15.9 Å². The highest BCUT2D eigenvalue weighted by Crippen LogP contribution is 2.18. The molecule has 3 N–H and O–H groups in total. The van der Waals surface area contributed by atoms with Crippen molar-refractivity contribution in [3.63, 3.8) is 0 Å². The summed E-state index contributed by atoms with van der Waals surface area (Å²) in [5, 5.41) is 0. The van der Waals surface area contributed by atoms with E-state index in [4.69, 9.17) is 10.6 Å². The lowest BCUT2D eigenvalue weighted by molar-refractivity contribution is 0.208. The number of aryl methyl sites for hydroxylation is 1. The van der Waals surface area contributed by atoms with E-state index in [1.165, 1.54) is 5.56 Å². The second kappa shape index (κ2) is 6.62. The van der Waals surface area contributed by atoms with Crippen molar-refractivity contribution < 1.29 is 4.74 Å². The highest BCUT2D eigenvalue weighted by molar-refractivity contribution is 9.10. The van der Waals surface area contributed by atoms with E-state index >= 15 is 0 Å². The minimum atomic E-state index is 0.578. The lowest BCUT2D eigenvalue weighted by atomic mass is 10.1. The normalized spacial score (nSPS) is 11.6. The molecule has 0 amide bonds. The number of hydrogen-bond acceptors (Lipinski definition) is 3. The number of amidine groups is 1. The molecule has 0 aromatic heterocycles. The molecule has 1 aromatic rings. The predicted molar refractivity (Wildman–Crippen MR) is 69.5 cm³/mol.